The second kappa shape index (κ2) is 12.5. The molecule has 0 heterocycles. The number of amides is 2. The highest BCUT2D eigenvalue weighted by Gasteiger charge is 2.26. The molecule has 1 N–H and O–H groups in total. The Hall–Kier alpha value is -3.01. The topological polar surface area (TPSA) is 86.8 Å². The van der Waals surface area contributed by atoms with Crippen LogP contribution in [0.5, 0.6) is 0 Å². The van der Waals surface area contributed by atoms with Gasteiger partial charge in [0.1, 0.15) is 17.7 Å². The molecule has 7 nitrogen and oxygen atoms in total. The molecule has 10 heteroatoms. The van der Waals surface area contributed by atoms with Crippen molar-refractivity contribution in [2.75, 3.05) is 23.7 Å². The molecule has 0 spiro atoms. The number of sulfonamides is 1. The van der Waals surface area contributed by atoms with Crippen LogP contribution in [0.1, 0.15) is 38.7 Å². The Labute approximate surface area is 199 Å². The zero-order valence-corrected chi connectivity index (χ0v) is 20.4. The third kappa shape index (κ3) is 8.09. The number of hydrogen-bond donors (Lipinski definition) is 1. The number of nitrogens with zero attached hydrogens (tertiary/aromatic N) is 2. The Morgan fingerprint density at radius 3 is 2.09 bits per heavy atom. The molecule has 2 amide bonds. The summed E-state index contributed by atoms with van der Waals surface area (Å²) in [7, 11) is -3.66. The maximum absolute atomic E-state index is 13.3. The fourth-order valence-electron chi connectivity index (χ4n) is 3.38. The van der Waals surface area contributed by atoms with Gasteiger partial charge in [-0.15, -0.1) is 0 Å². The number of halogens is 2. The first-order chi connectivity index (χ1) is 16.0. The molecule has 0 aliphatic carbocycles. The first-order valence-electron chi connectivity index (χ1n) is 11.1. The molecule has 0 saturated carbocycles. The van der Waals surface area contributed by atoms with Gasteiger partial charge in [0, 0.05) is 26.1 Å². The van der Waals surface area contributed by atoms with Crippen molar-refractivity contribution in [3.05, 3.63) is 65.7 Å². The minimum Gasteiger partial charge on any atom is -0.354 e. The summed E-state index contributed by atoms with van der Waals surface area (Å²) in [5, 5.41) is 2.77. The minimum atomic E-state index is -3.66. The standard InChI is InChI=1S/C24H31F2N3O4S/c1-4-15-27-24(31)18(2)28(17-19-7-9-20(25)10-8-19)23(30)6-5-16-29(34(3,32)33)22-13-11-21(26)12-14-22/h7-14,18H,4-6,15-17H2,1-3H3,(H,27,31). The molecule has 2 aromatic rings. The van der Waals surface area contributed by atoms with E-state index in [0.29, 0.717) is 17.8 Å². The normalized spacial score (nSPS) is 12.1. The van der Waals surface area contributed by atoms with Crippen molar-refractivity contribution < 1.29 is 26.8 Å². The molecule has 0 fully saturated rings. The number of carbonyl (C=O) groups excluding carboxylic acids is 2. The number of carbonyl (C=O) groups is 2. The molecule has 1 atom stereocenters. The van der Waals surface area contributed by atoms with Crippen LogP contribution >= 0.6 is 0 Å². The summed E-state index contributed by atoms with van der Waals surface area (Å²) < 4.78 is 52.1. The number of nitrogens with one attached hydrogen (secondary N) is 1. The Morgan fingerprint density at radius 1 is 1.00 bits per heavy atom. The summed E-state index contributed by atoms with van der Waals surface area (Å²) in [5.41, 5.74) is 0.959. The summed E-state index contributed by atoms with van der Waals surface area (Å²) in [4.78, 5) is 27.0. The van der Waals surface area contributed by atoms with Gasteiger partial charge >= 0.3 is 0 Å². The van der Waals surface area contributed by atoms with Gasteiger partial charge in [-0.3, -0.25) is 13.9 Å². The van der Waals surface area contributed by atoms with Crippen LogP contribution in [-0.2, 0) is 26.2 Å². The third-order valence-electron chi connectivity index (χ3n) is 5.25. The van der Waals surface area contributed by atoms with E-state index in [1.54, 1.807) is 19.1 Å². The van der Waals surface area contributed by atoms with E-state index in [-0.39, 0.29) is 37.7 Å². The average Bonchev–Trinajstić information content (AvgIpc) is 2.79. The van der Waals surface area contributed by atoms with Gasteiger partial charge in [-0.2, -0.15) is 0 Å². The number of hydrogen-bond acceptors (Lipinski definition) is 4. The van der Waals surface area contributed by atoms with Crippen LogP contribution in [0.4, 0.5) is 14.5 Å². The van der Waals surface area contributed by atoms with Crippen LogP contribution < -0.4 is 9.62 Å². The maximum Gasteiger partial charge on any atom is 0.242 e. The lowest BCUT2D eigenvalue weighted by molar-refractivity contribution is -0.140. The monoisotopic (exact) mass is 495 g/mol. The third-order valence-corrected chi connectivity index (χ3v) is 6.44. The van der Waals surface area contributed by atoms with Gasteiger partial charge in [0.2, 0.25) is 21.8 Å². The van der Waals surface area contributed by atoms with Crippen molar-refractivity contribution in [3.8, 4) is 0 Å². The van der Waals surface area contributed by atoms with Crippen LogP contribution in [0, 0.1) is 11.6 Å². The van der Waals surface area contributed by atoms with Crippen molar-refractivity contribution in [3.63, 3.8) is 0 Å². The SMILES string of the molecule is CCCNC(=O)C(C)N(Cc1ccc(F)cc1)C(=O)CCCN(c1ccc(F)cc1)S(C)(=O)=O. The second-order valence-electron chi connectivity index (χ2n) is 8.03. The van der Waals surface area contributed by atoms with E-state index in [1.165, 1.54) is 41.3 Å². The molecule has 0 bridgehead atoms. The van der Waals surface area contributed by atoms with E-state index in [9.17, 15) is 26.8 Å². The van der Waals surface area contributed by atoms with Gasteiger partial charge in [-0.05, 0) is 61.7 Å². The van der Waals surface area contributed by atoms with Crippen LogP contribution in [0.3, 0.4) is 0 Å². The highest BCUT2D eigenvalue weighted by atomic mass is 32.2. The van der Waals surface area contributed by atoms with Gasteiger partial charge in [-0.1, -0.05) is 19.1 Å². The second-order valence-corrected chi connectivity index (χ2v) is 9.94. The quantitative estimate of drug-likeness (QED) is 0.489. The Balaban J connectivity index is 2.13. The largest absolute Gasteiger partial charge is 0.354 e. The molecule has 0 saturated heterocycles. The predicted octanol–water partition coefficient (Wildman–Crippen LogP) is 3.45. The molecular weight excluding hydrogens is 464 g/mol. The summed E-state index contributed by atoms with van der Waals surface area (Å²) in [6, 6.07) is 9.95. The van der Waals surface area contributed by atoms with Crippen LogP contribution in [0.15, 0.2) is 48.5 Å². The van der Waals surface area contributed by atoms with E-state index in [2.05, 4.69) is 5.32 Å². The fraction of sp³-hybridized carbons (Fsp3) is 0.417. The summed E-state index contributed by atoms with van der Waals surface area (Å²) in [6.07, 6.45) is 1.96. The van der Waals surface area contributed by atoms with Crippen molar-refractivity contribution in [2.45, 2.75) is 45.7 Å². The van der Waals surface area contributed by atoms with Crippen LogP contribution in [0.2, 0.25) is 0 Å². The smallest absolute Gasteiger partial charge is 0.242 e. The molecule has 0 aliphatic rings. The van der Waals surface area contributed by atoms with Gasteiger partial charge in [0.05, 0.1) is 11.9 Å². The zero-order valence-electron chi connectivity index (χ0n) is 19.6. The van der Waals surface area contributed by atoms with Gasteiger partial charge < -0.3 is 10.2 Å². The van der Waals surface area contributed by atoms with E-state index in [4.69, 9.17) is 0 Å². The summed E-state index contributed by atoms with van der Waals surface area (Å²) in [6.45, 7) is 4.13. The van der Waals surface area contributed by atoms with Gasteiger partial charge in [0.15, 0.2) is 0 Å². The lowest BCUT2D eigenvalue weighted by atomic mass is 10.1. The first-order valence-corrected chi connectivity index (χ1v) is 12.9. The molecule has 0 aliphatic heterocycles. The lowest BCUT2D eigenvalue weighted by Gasteiger charge is -2.29. The van der Waals surface area contributed by atoms with E-state index >= 15 is 0 Å². The van der Waals surface area contributed by atoms with Gasteiger partial charge in [-0.25, -0.2) is 17.2 Å². The van der Waals surface area contributed by atoms with Crippen molar-refractivity contribution in [1.82, 2.24) is 10.2 Å². The van der Waals surface area contributed by atoms with Crippen molar-refractivity contribution in [1.29, 1.82) is 0 Å². The molecule has 2 rings (SSSR count). The van der Waals surface area contributed by atoms with Crippen LogP contribution in [-0.4, -0.2) is 50.5 Å². The van der Waals surface area contributed by atoms with Crippen molar-refractivity contribution in [2.24, 2.45) is 0 Å². The molecule has 2 aromatic carbocycles. The Kier molecular flexibility index (Phi) is 9.97. The lowest BCUT2D eigenvalue weighted by Crippen LogP contribution is -2.47. The molecular formula is C24H31F2N3O4S. The maximum atomic E-state index is 13.3. The molecule has 0 aromatic heterocycles. The van der Waals surface area contributed by atoms with Crippen LogP contribution in [0.25, 0.3) is 0 Å². The van der Waals surface area contributed by atoms with E-state index in [1.807, 2.05) is 6.92 Å². The zero-order chi connectivity index (χ0) is 25.3. The average molecular weight is 496 g/mol. The van der Waals surface area contributed by atoms with Crippen molar-refractivity contribution >= 4 is 27.5 Å². The Morgan fingerprint density at radius 2 is 1.56 bits per heavy atom. The highest BCUT2D eigenvalue weighted by molar-refractivity contribution is 7.92. The van der Waals surface area contributed by atoms with E-state index in [0.717, 1.165) is 17.0 Å². The molecule has 0 radical (unpaired) electrons. The molecule has 1 unspecified atom stereocenters. The summed E-state index contributed by atoms with van der Waals surface area (Å²) in [5.74, 6) is -1.53. The van der Waals surface area contributed by atoms with Gasteiger partial charge in [0.25, 0.3) is 0 Å². The number of benzene rings is 2. The Bertz CT molecular complexity index is 1060. The van der Waals surface area contributed by atoms with E-state index < -0.39 is 27.7 Å². The predicted molar refractivity (Wildman–Crippen MR) is 128 cm³/mol. The molecule has 186 valence electrons. The number of anilines is 1. The molecule has 34 heavy (non-hydrogen) atoms. The minimum absolute atomic E-state index is 0.0109. The number of rotatable bonds is 12. The fourth-order valence-corrected chi connectivity index (χ4v) is 4.34. The highest BCUT2D eigenvalue weighted by Crippen LogP contribution is 2.19. The summed E-state index contributed by atoms with van der Waals surface area (Å²) >= 11 is 0. The first kappa shape index (κ1) is 27.2.